The van der Waals surface area contributed by atoms with Gasteiger partial charge in [-0.2, -0.15) is 0 Å². The van der Waals surface area contributed by atoms with E-state index in [1.165, 1.54) is 11.0 Å². The summed E-state index contributed by atoms with van der Waals surface area (Å²) in [5, 5.41) is 16.4. The number of primary amides is 1. The summed E-state index contributed by atoms with van der Waals surface area (Å²) in [4.78, 5) is 54.1. The zero-order valence-corrected chi connectivity index (χ0v) is 24.0. The maximum Gasteiger partial charge on any atom is 0.408 e. The zero-order valence-electron chi connectivity index (χ0n) is 24.0. The number of anilines is 1. The molecule has 0 aromatic heterocycles. The Kier molecular flexibility index (Phi) is 9.44. The molecule has 0 bridgehead atoms. The fraction of sp³-hybridized carbons (Fsp3) is 0.467. The molecule has 0 heterocycles. The van der Waals surface area contributed by atoms with Gasteiger partial charge in [0, 0.05) is 23.7 Å². The Morgan fingerprint density at radius 2 is 1.68 bits per heavy atom. The molecule has 2 aromatic rings. The van der Waals surface area contributed by atoms with Crippen LogP contribution in [-0.4, -0.2) is 51.5 Å². The second-order valence-corrected chi connectivity index (χ2v) is 11.4. The second-order valence-electron chi connectivity index (χ2n) is 11.4. The first kappa shape index (κ1) is 30.5. The quantitative estimate of drug-likeness (QED) is 0.349. The Labute approximate surface area is 235 Å². The molecule has 0 radical (unpaired) electrons. The monoisotopic (exact) mass is 552 g/mol. The van der Waals surface area contributed by atoms with Gasteiger partial charge in [0.15, 0.2) is 0 Å². The van der Waals surface area contributed by atoms with Gasteiger partial charge in [-0.1, -0.05) is 43.3 Å². The van der Waals surface area contributed by atoms with Crippen molar-refractivity contribution in [3.8, 4) is 5.75 Å². The largest absolute Gasteiger partial charge is 0.508 e. The number of amides is 4. The van der Waals surface area contributed by atoms with Crippen LogP contribution in [0.15, 0.2) is 42.5 Å². The summed E-state index contributed by atoms with van der Waals surface area (Å²) in [5.41, 5.74) is 7.08. The number of aryl methyl sites for hydroxylation is 2. The number of hydrogen-bond donors (Lipinski definition) is 4. The van der Waals surface area contributed by atoms with Crippen molar-refractivity contribution in [1.82, 2.24) is 10.2 Å². The minimum Gasteiger partial charge on any atom is -0.508 e. The first-order chi connectivity index (χ1) is 18.7. The summed E-state index contributed by atoms with van der Waals surface area (Å²) in [6, 6.07) is 9.22. The van der Waals surface area contributed by atoms with Gasteiger partial charge in [0.25, 0.3) is 5.91 Å². The van der Waals surface area contributed by atoms with Gasteiger partial charge < -0.3 is 31.1 Å². The molecule has 10 nitrogen and oxygen atoms in total. The number of hydrogen-bond acceptors (Lipinski definition) is 6. The Morgan fingerprint density at radius 1 is 1.07 bits per heavy atom. The van der Waals surface area contributed by atoms with Gasteiger partial charge in [0.1, 0.15) is 23.4 Å². The Morgan fingerprint density at radius 3 is 2.20 bits per heavy atom. The molecule has 5 N–H and O–H groups in total. The lowest BCUT2D eigenvalue weighted by Gasteiger charge is -2.35. The van der Waals surface area contributed by atoms with Gasteiger partial charge in [-0.3, -0.25) is 14.4 Å². The van der Waals surface area contributed by atoms with Gasteiger partial charge in [-0.05, 0) is 70.6 Å². The molecule has 1 aliphatic rings. The van der Waals surface area contributed by atoms with E-state index < -0.39 is 41.5 Å². The molecule has 4 amide bonds. The number of phenolic OH excluding ortho intramolecular Hbond substituents is 1. The molecule has 4 unspecified atom stereocenters. The fourth-order valence-electron chi connectivity index (χ4n) is 4.69. The number of carbonyl (C=O) groups excluding carboxylic acids is 4. The van der Waals surface area contributed by atoms with E-state index in [1.54, 1.807) is 39.0 Å². The standard InChI is InChI=1S/C30H40N4O6/c1-17-10-9-11-18(2)25(17)33-27(37)26(20-12-7-8-13-23(20)35)34(22-16-19(22)3)28(38)21(14-15-24(31)36)32-29(39)40-30(4,5)6/h7-13,19,21-22,26,35H,14-16H2,1-6H3,(H2,31,36)(H,32,39)(H,33,37). The van der Waals surface area contributed by atoms with Gasteiger partial charge in [-0.15, -0.1) is 0 Å². The summed E-state index contributed by atoms with van der Waals surface area (Å²) in [6.07, 6.45) is -0.465. The SMILES string of the molecule is Cc1cccc(C)c1NC(=O)C(c1ccccc1O)N(C(=O)C(CCC(N)=O)NC(=O)OC(C)(C)C)C1CC1C. The minimum atomic E-state index is -1.22. The summed E-state index contributed by atoms with van der Waals surface area (Å²) < 4.78 is 5.36. The van der Waals surface area contributed by atoms with E-state index in [0.717, 1.165) is 11.1 Å². The highest BCUT2D eigenvalue weighted by molar-refractivity contribution is 6.00. The van der Waals surface area contributed by atoms with E-state index in [-0.39, 0.29) is 36.1 Å². The molecule has 0 aliphatic heterocycles. The molecule has 1 saturated carbocycles. The molecular formula is C30H40N4O6. The van der Waals surface area contributed by atoms with E-state index in [9.17, 15) is 24.3 Å². The van der Waals surface area contributed by atoms with Crippen LogP contribution in [0, 0.1) is 19.8 Å². The molecule has 2 aromatic carbocycles. The number of nitrogens with two attached hydrogens (primary N) is 1. The third-order valence-electron chi connectivity index (χ3n) is 6.83. The zero-order chi connectivity index (χ0) is 29.8. The van der Waals surface area contributed by atoms with Crippen molar-refractivity contribution in [2.24, 2.45) is 11.7 Å². The van der Waals surface area contributed by atoms with Crippen molar-refractivity contribution in [2.75, 3.05) is 5.32 Å². The first-order valence-electron chi connectivity index (χ1n) is 13.4. The number of rotatable bonds is 10. The lowest BCUT2D eigenvalue weighted by atomic mass is 9.99. The number of carbonyl (C=O) groups is 4. The lowest BCUT2D eigenvalue weighted by molar-refractivity contribution is -0.142. The molecule has 216 valence electrons. The van der Waals surface area contributed by atoms with E-state index >= 15 is 0 Å². The Balaban J connectivity index is 2.07. The predicted octanol–water partition coefficient (Wildman–Crippen LogP) is 4.08. The van der Waals surface area contributed by atoms with Gasteiger partial charge in [0.05, 0.1) is 0 Å². The molecule has 3 rings (SSSR count). The van der Waals surface area contributed by atoms with Crippen molar-refractivity contribution in [2.45, 2.75) is 84.5 Å². The average molecular weight is 553 g/mol. The van der Waals surface area contributed by atoms with Crippen LogP contribution in [0.5, 0.6) is 5.75 Å². The van der Waals surface area contributed by atoms with Crippen molar-refractivity contribution < 1.29 is 29.0 Å². The maximum atomic E-state index is 14.2. The number of ether oxygens (including phenoxy) is 1. The van der Waals surface area contributed by atoms with Gasteiger partial charge >= 0.3 is 6.09 Å². The number of alkyl carbamates (subject to hydrolysis) is 1. The molecular weight excluding hydrogens is 512 g/mol. The van der Waals surface area contributed by atoms with Crippen LogP contribution in [0.2, 0.25) is 0 Å². The molecule has 10 heteroatoms. The number of nitrogens with one attached hydrogen (secondary N) is 2. The van der Waals surface area contributed by atoms with Crippen molar-refractivity contribution in [3.05, 3.63) is 59.2 Å². The smallest absolute Gasteiger partial charge is 0.408 e. The highest BCUT2D eigenvalue weighted by atomic mass is 16.6. The third-order valence-corrected chi connectivity index (χ3v) is 6.83. The van der Waals surface area contributed by atoms with Crippen molar-refractivity contribution in [1.29, 1.82) is 0 Å². The average Bonchev–Trinajstić information content (AvgIpc) is 3.57. The maximum absolute atomic E-state index is 14.2. The molecule has 1 aliphatic carbocycles. The Bertz CT molecular complexity index is 1250. The van der Waals surface area contributed by atoms with Gasteiger partial charge in [-0.25, -0.2) is 4.79 Å². The normalized spacial score (nSPS) is 17.8. The van der Waals surface area contributed by atoms with E-state index in [0.29, 0.717) is 12.1 Å². The van der Waals surface area contributed by atoms with Crippen molar-refractivity contribution >= 4 is 29.5 Å². The number of nitrogens with zero attached hydrogens (tertiary/aromatic N) is 1. The van der Waals surface area contributed by atoms with Crippen LogP contribution in [0.1, 0.15) is 69.7 Å². The number of benzene rings is 2. The fourth-order valence-corrected chi connectivity index (χ4v) is 4.69. The van der Waals surface area contributed by atoms with Crippen LogP contribution in [0.25, 0.3) is 0 Å². The molecule has 0 saturated heterocycles. The van der Waals surface area contributed by atoms with E-state index in [1.807, 2.05) is 39.0 Å². The topological polar surface area (TPSA) is 151 Å². The Hall–Kier alpha value is -4.08. The predicted molar refractivity (Wildman–Crippen MR) is 151 cm³/mol. The summed E-state index contributed by atoms with van der Waals surface area (Å²) >= 11 is 0. The molecule has 1 fully saturated rings. The number of para-hydroxylation sites is 2. The molecule has 0 spiro atoms. The summed E-state index contributed by atoms with van der Waals surface area (Å²) in [6.45, 7) is 10.8. The van der Waals surface area contributed by atoms with Crippen LogP contribution in [-0.2, 0) is 19.1 Å². The first-order valence-corrected chi connectivity index (χ1v) is 13.4. The van der Waals surface area contributed by atoms with Crippen LogP contribution in [0.4, 0.5) is 10.5 Å². The van der Waals surface area contributed by atoms with Crippen LogP contribution >= 0.6 is 0 Å². The van der Waals surface area contributed by atoms with E-state index in [2.05, 4.69) is 10.6 Å². The minimum absolute atomic E-state index is 0.0728. The number of aromatic hydroxyl groups is 1. The molecule has 4 atom stereocenters. The lowest BCUT2D eigenvalue weighted by Crippen LogP contribution is -2.53. The third kappa shape index (κ3) is 7.74. The highest BCUT2D eigenvalue weighted by Gasteiger charge is 2.48. The van der Waals surface area contributed by atoms with Crippen LogP contribution < -0.4 is 16.4 Å². The second kappa shape index (κ2) is 12.4. The highest BCUT2D eigenvalue weighted by Crippen LogP contribution is 2.43. The van der Waals surface area contributed by atoms with Gasteiger partial charge in [0.2, 0.25) is 11.8 Å². The van der Waals surface area contributed by atoms with Crippen LogP contribution in [0.3, 0.4) is 0 Å². The summed E-state index contributed by atoms with van der Waals surface area (Å²) in [5.74, 6) is -1.81. The number of phenols is 1. The van der Waals surface area contributed by atoms with Crippen molar-refractivity contribution in [3.63, 3.8) is 0 Å². The summed E-state index contributed by atoms with van der Waals surface area (Å²) in [7, 11) is 0. The molecule has 40 heavy (non-hydrogen) atoms. The van der Waals surface area contributed by atoms with E-state index in [4.69, 9.17) is 10.5 Å².